The fraction of sp³-hybridized carbons (Fsp3) is 0.500. The van der Waals surface area contributed by atoms with Gasteiger partial charge in [-0.15, -0.1) is 0 Å². The van der Waals surface area contributed by atoms with E-state index in [4.69, 9.17) is 0 Å². The lowest BCUT2D eigenvalue weighted by molar-refractivity contribution is 0.325. The molecule has 3 heteroatoms. The van der Waals surface area contributed by atoms with Crippen LogP contribution in [-0.2, 0) is 6.54 Å². The smallest absolute Gasteiger partial charge is 0.123 e. The van der Waals surface area contributed by atoms with E-state index in [1.165, 1.54) is 12.1 Å². The van der Waals surface area contributed by atoms with E-state index in [2.05, 4.69) is 24.2 Å². The van der Waals surface area contributed by atoms with Gasteiger partial charge in [-0.1, -0.05) is 19.1 Å². The van der Waals surface area contributed by atoms with E-state index in [-0.39, 0.29) is 5.82 Å². The molecule has 1 aromatic rings. The second kappa shape index (κ2) is 6.53. The first-order valence-electron chi connectivity index (χ1n) is 5.36. The summed E-state index contributed by atoms with van der Waals surface area (Å²) < 4.78 is 12.6. The van der Waals surface area contributed by atoms with Crippen LogP contribution in [0.15, 0.2) is 24.3 Å². The highest BCUT2D eigenvalue weighted by molar-refractivity contribution is 5.15. The molecule has 0 saturated heterocycles. The van der Waals surface area contributed by atoms with Crippen molar-refractivity contribution in [3.63, 3.8) is 0 Å². The summed E-state index contributed by atoms with van der Waals surface area (Å²) in [7, 11) is 2.07. The Morgan fingerprint density at radius 2 is 1.93 bits per heavy atom. The molecule has 15 heavy (non-hydrogen) atoms. The zero-order valence-corrected chi connectivity index (χ0v) is 9.46. The molecule has 0 heterocycles. The van der Waals surface area contributed by atoms with Crippen molar-refractivity contribution in [2.45, 2.75) is 13.5 Å². The fourth-order valence-corrected chi connectivity index (χ4v) is 1.43. The second-order valence-electron chi connectivity index (χ2n) is 3.72. The maximum atomic E-state index is 12.6. The average Bonchev–Trinajstić information content (AvgIpc) is 2.22. The van der Waals surface area contributed by atoms with Crippen molar-refractivity contribution in [1.82, 2.24) is 10.2 Å². The number of rotatable bonds is 6. The Kier molecular flexibility index (Phi) is 5.29. The minimum Gasteiger partial charge on any atom is -0.316 e. The first-order valence-corrected chi connectivity index (χ1v) is 5.36. The molecular weight excluding hydrogens is 191 g/mol. The van der Waals surface area contributed by atoms with E-state index >= 15 is 0 Å². The summed E-state index contributed by atoms with van der Waals surface area (Å²) in [5.41, 5.74) is 1.15. The fourth-order valence-electron chi connectivity index (χ4n) is 1.43. The van der Waals surface area contributed by atoms with Gasteiger partial charge >= 0.3 is 0 Å². The highest BCUT2D eigenvalue weighted by Crippen LogP contribution is 2.04. The molecule has 84 valence electrons. The van der Waals surface area contributed by atoms with Gasteiger partial charge in [0, 0.05) is 19.6 Å². The van der Waals surface area contributed by atoms with Crippen molar-refractivity contribution >= 4 is 0 Å². The Labute approximate surface area is 91.1 Å². The Hall–Kier alpha value is -0.930. The predicted octanol–water partition coefficient (Wildman–Crippen LogP) is 1.87. The molecule has 0 unspecified atom stereocenters. The molecule has 0 saturated carbocycles. The second-order valence-corrected chi connectivity index (χ2v) is 3.72. The van der Waals surface area contributed by atoms with Crippen LogP contribution in [0.1, 0.15) is 12.5 Å². The van der Waals surface area contributed by atoms with Crippen LogP contribution >= 0.6 is 0 Å². The molecule has 0 spiro atoms. The van der Waals surface area contributed by atoms with Crippen LogP contribution in [0.3, 0.4) is 0 Å². The Balaban J connectivity index is 2.31. The number of benzene rings is 1. The molecule has 0 aliphatic heterocycles. The number of nitrogens with one attached hydrogen (secondary N) is 1. The van der Waals surface area contributed by atoms with Gasteiger partial charge in [0.2, 0.25) is 0 Å². The third-order valence-electron chi connectivity index (χ3n) is 2.29. The van der Waals surface area contributed by atoms with Crippen LogP contribution in [0.25, 0.3) is 0 Å². The van der Waals surface area contributed by atoms with Crippen LogP contribution in [-0.4, -0.2) is 31.6 Å². The SMILES string of the molecule is CCNCCN(C)Cc1ccc(F)cc1. The first kappa shape index (κ1) is 12.1. The number of hydrogen-bond acceptors (Lipinski definition) is 2. The van der Waals surface area contributed by atoms with Gasteiger partial charge in [0.25, 0.3) is 0 Å². The Morgan fingerprint density at radius 3 is 2.53 bits per heavy atom. The normalized spacial score (nSPS) is 10.9. The largest absolute Gasteiger partial charge is 0.316 e. The summed E-state index contributed by atoms with van der Waals surface area (Å²) in [5.74, 6) is -0.172. The van der Waals surface area contributed by atoms with Crippen molar-refractivity contribution in [3.05, 3.63) is 35.6 Å². The number of likely N-dealkylation sites (N-methyl/N-ethyl adjacent to an activating group) is 2. The van der Waals surface area contributed by atoms with Gasteiger partial charge in [-0.25, -0.2) is 4.39 Å². The van der Waals surface area contributed by atoms with Crippen molar-refractivity contribution < 1.29 is 4.39 Å². The van der Waals surface area contributed by atoms with Crippen LogP contribution in [0.4, 0.5) is 4.39 Å². The minimum absolute atomic E-state index is 0.172. The Bertz CT molecular complexity index is 271. The summed E-state index contributed by atoms with van der Waals surface area (Å²) in [6, 6.07) is 6.68. The molecule has 0 atom stereocenters. The summed E-state index contributed by atoms with van der Waals surface area (Å²) in [4.78, 5) is 2.22. The highest BCUT2D eigenvalue weighted by Gasteiger charge is 1.99. The number of hydrogen-bond donors (Lipinski definition) is 1. The molecule has 0 aliphatic rings. The Morgan fingerprint density at radius 1 is 1.27 bits per heavy atom. The van der Waals surface area contributed by atoms with Gasteiger partial charge in [-0.2, -0.15) is 0 Å². The molecule has 1 rings (SSSR count). The predicted molar refractivity (Wildman–Crippen MR) is 61.3 cm³/mol. The minimum atomic E-state index is -0.172. The topological polar surface area (TPSA) is 15.3 Å². The standard InChI is InChI=1S/C12H19FN2/c1-3-14-8-9-15(2)10-11-4-6-12(13)7-5-11/h4-7,14H,3,8-10H2,1-2H3. The van der Waals surface area contributed by atoms with E-state index in [1.807, 2.05) is 12.1 Å². The van der Waals surface area contributed by atoms with Crippen LogP contribution in [0, 0.1) is 5.82 Å². The lowest BCUT2D eigenvalue weighted by atomic mass is 10.2. The van der Waals surface area contributed by atoms with Crippen molar-refractivity contribution in [1.29, 1.82) is 0 Å². The first-order chi connectivity index (χ1) is 7.22. The lowest BCUT2D eigenvalue weighted by Crippen LogP contribution is -2.28. The number of nitrogens with zero attached hydrogens (tertiary/aromatic N) is 1. The van der Waals surface area contributed by atoms with Gasteiger partial charge in [-0.3, -0.25) is 0 Å². The molecule has 0 amide bonds. The molecule has 2 nitrogen and oxygen atoms in total. The van der Waals surface area contributed by atoms with E-state index < -0.39 is 0 Å². The third-order valence-corrected chi connectivity index (χ3v) is 2.29. The molecule has 0 fully saturated rings. The summed E-state index contributed by atoms with van der Waals surface area (Å²) in [5, 5.41) is 3.27. The van der Waals surface area contributed by atoms with Crippen LogP contribution < -0.4 is 5.32 Å². The molecule has 1 aromatic carbocycles. The molecule has 1 N–H and O–H groups in total. The number of halogens is 1. The van der Waals surface area contributed by atoms with Crippen molar-refractivity contribution in [2.75, 3.05) is 26.7 Å². The van der Waals surface area contributed by atoms with Gasteiger partial charge in [0.05, 0.1) is 0 Å². The molecule has 0 aliphatic carbocycles. The maximum Gasteiger partial charge on any atom is 0.123 e. The third kappa shape index (κ3) is 4.91. The molecule has 0 radical (unpaired) electrons. The van der Waals surface area contributed by atoms with Gasteiger partial charge in [0.15, 0.2) is 0 Å². The van der Waals surface area contributed by atoms with E-state index in [9.17, 15) is 4.39 Å². The monoisotopic (exact) mass is 210 g/mol. The lowest BCUT2D eigenvalue weighted by Gasteiger charge is -2.16. The van der Waals surface area contributed by atoms with Crippen molar-refractivity contribution in [2.24, 2.45) is 0 Å². The summed E-state index contributed by atoms with van der Waals surface area (Å²) >= 11 is 0. The maximum absolute atomic E-state index is 12.6. The van der Waals surface area contributed by atoms with Crippen LogP contribution in [0.5, 0.6) is 0 Å². The van der Waals surface area contributed by atoms with E-state index in [0.717, 1.165) is 31.7 Å². The molecule has 0 aromatic heterocycles. The van der Waals surface area contributed by atoms with Gasteiger partial charge in [-0.05, 0) is 31.3 Å². The van der Waals surface area contributed by atoms with Crippen molar-refractivity contribution in [3.8, 4) is 0 Å². The van der Waals surface area contributed by atoms with Gasteiger partial charge in [0.1, 0.15) is 5.82 Å². The zero-order chi connectivity index (χ0) is 11.1. The quantitative estimate of drug-likeness (QED) is 0.721. The summed E-state index contributed by atoms with van der Waals surface area (Å²) in [6.45, 7) is 5.97. The summed E-state index contributed by atoms with van der Waals surface area (Å²) in [6.07, 6.45) is 0. The van der Waals surface area contributed by atoms with E-state index in [0.29, 0.717) is 0 Å². The zero-order valence-electron chi connectivity index (χ0n) is 9.46. The van der Waals surface area contributed by atoms with Gasteiger partial charge < -0.3 is 10.2 Å². The molecular formula is C12H19FN2. The highest BCUT2D eigenvalue weighted by atomic mass is 19.1. The van der Waals surface area contributed by atoms with Crippen LogP contribution in [0.2, 0.25) is 0 Å². The molecule has 0 bridgehead atoms. The van der Waals surface area contributed by atoms with E-state index in [1.54, 1.807) is 0 Å². The average molecular weight is 210 g/mol.